The molecule has 94 valence electrons. The highest BCUT2D eigenvalue weighted by Gasteiger charge is 2.07. The van der Waals surface area contributed by atoms with Gasteiger partial charge >= 0.3 is 0 Å². The van der Waals surface area contributed by atoms with Crippen molar-refractivity contribution in [2.45, 2.75) is 6.61 Å². The zero-order valence-corrected chi connectivity index (χ0v) is 10.0. The van der Waals surface area contributed by atoms with Crippen molar-refractivity contribution in [2.75, 3.05) is 5.73 Å². The molecule has 0 saturated heterocycles. The van der Waals surface area contributed by atoms with Crippen molar-refractivity contribution in [1.29, 1.82) is 0 Å². The zero-order chi connectivity index (χ0) is 13.1. The van der Waals surface area contributed by atoms with Gasteiger partial charge in [-0.25, -0.2) is 8.78 Å². The van der Waals surface area contributed by atoms with E-state index in [0.717, 1.165) is 6.07 Å². The van der Waals surface area contributed by atoms with Crippen molar-refractivity contribution in [3.63, 3.8) is 0 Å². The molecule has 5 heteroatoms. The lowest BCUT2D eigenvalue weighted by Crippen LogP contribution is -2.00. The lowest BCUT2D eigenvalue weighted by Gasteiger charge is -2.08. The van der Waals surface area contributed by atoms with Gasteiger partial charge in [0.2, 0.25) is 0 Å². The van der Waals surface area contributed by atoms with Gasteiger partial charge in [-0.15, -0.1) is 0 Å². The molecule has 0 atom stereocenters. The number of hydrogen-bond donors (Lipinski definition) is 1. The van der Waals surface area contributed by atoms with E-state index in [0.29, 0.717) is 16.3 Å². The van der Waals surface area contributed by atoms with Crippen molar-refractivity contribution in [1.82, 2.24) is 0 Å². The minimum absolute atomic E-state index is 0.0264. The van der Waals surface area contributed by atoms with E-state index < -0.39 is 11.6 Å². The number of rotatable bonds is 3. The second-order valence-corrected chi connectivity index (χ2v) is 4.15. The third-order valence-electron chi connectivity index (χ3n) is 2.35. The number of benzene rings is 2. The van der Waals surface area contributed by atoms with Crippen LogP contribution in [0.25, 0.3) is 0 Å². The van der Waals surface area contributed by atoms with Crippen LogP contribution in [-0.2, 0) is 6.61 Å². The molecule has 2 aromatic rings. The van der Waals surface area contributed by atoms with Crippen molar-refractivity contribution < 1.29 is 13.5 Å². The van der Waals surface area contributed by atoms with Gasteiger partial charge in [0, 0.05) is 22.3 Å². The molecule has 2 nitrogen and oxygen atoms in total. The van der Waals surface area contributed by atoms with E-state index in [-0.39, 0.29) is 12.4 Å². The Kier molecular flexibility index (Phi) is 3.67. The summed E-state index contributed by atoms with van der Waals surface area (Å²) >= 11 is 5.62. The number of ether oxygens (including phenoxy) is 1. The highest BCUT2D eigenvalue weighted by Crippen LogP contribution is 2.22. The van der Waals surface area contributed by atoms with Crippen LogP contribution in [0.15, 0.2) is 36.4 Å². The molecule has 0 saturated carbocycles. The Morgan fingerprint density at radius 2 is 1.83 bits per heavy atom. The minimum Gasteiger partial charge on any atom is -0.486 e. The normalized spacial score (nSPS) is 10.4. The van der Waals surface area contributed by atoms with Crippen molar-refractivity contribution in [3.8, 4) is 5.75 Å². The molecule has 2 N–H and O–H groups in total. The predicted molar refractivity (Wildman–Crippen MR) is 66.6 cm³/mol. The maximum Gasteiger partial charge on any atom is 0.167 e. The van der Waals surface area contributed by atoms with E-state index in [2.05, 4.69) is 0 Å². The molecule has 18 heavy (non-hydrogen) atoms. The molecule has 0 spiro atoms. The number of halogens is 3. The van der Waals surface area contributed by atoms with Gasteiger partial charge in [0.05, 0.1) is 0 Å². The molecule has 2 rings (SSSR count). The second-order valence-electron chi connectivity index (χ2n) is 3.71. The van der Waals surface area contributed by atoms with Crippen molar-refractivity contribution in [2.24, 2.45) is 0 Å². The molecule has 0 aliphatic rings. The molecule has 2 aromatic carbocycles. The highest BCUT2D eigenvalue weighted by molar-refractivity contribution is 6.30. The fraction of sp³-hybridized carbons (Fsp3) is 0.0769. The summed E-state index contributed by atoms with van der Waals surface area (Å²) in [5.41, 5.74) is 6.01. The predicted octanol–water partition coefficient (Wildman–Crippen LogP) is 3.78. The summed E-state index contributed by atoms with van der Waals surface area (Å²) < 4.78 is 32.0. The van der Waals surface area contributed by atoms with Crippen LogP contribution in [0, 0.1) is 11.6 Å². The van der Waals surface area contributed by atoms with Gasteiger partial charge in [0.1, 0.15) is 12.4 Å². The van der Waals surface area contributed by atoms with Crippen LogP contribution in [0.5, 0.6) is 5.75 Å². The monoisotopic (exact) mass is 269 g/mol. The Labute approximate surface area is 108 Å². The van der Waals surface area contributed by atoms with Gasteiger partial charge in [-0.1, -0.05) is 17.7 Å². The van der Waals surface area contributed by atoms with E-state index in [1.807, 2.05) is 0 Å². The van der Waals surface area contributed by atoms with Crippen LogP contribution in [0.1, 0.15) is 5.56 Å². The van der Waals surface area contributed by atoms with E-state index in [1.54, 1.807) is 6.07 Å². The molecule has 0 aliphatic heterocycles. The average Bonchev–Trinajstić information content (AvgIpc) is 2.30. The van der Waals surface area contributed by atoms with Gasteiger partial charge in [-0.3, -0.25) is 0 Å². The molecule has 0 bridgehead atoms. The van der Waals surface area contributed by atoms with Crippen LogP contribution in [0.2, 0.25) is 5.02 Å². The summed E-state index contributed by atoms with van der Waals surface area (Å²) in [5, 5.41) is 0.301. The molecular weight excluding hydrogens is 260 g/mol. The largest absolute Gasteiger partial charge is 0.486 e. The Morgan fingerprint density at radius 3 is 2.50 bits per heavy atom. The maximum absolute atomic E-state index is 13.4. The lowest BCUT2D eigenvalue weighted by molar-refractivity contribution is 0.285. The molecule has 0 heterocycles. The zero-order valence-electron chi connectivity index (χ0n) is 9.29. The molecule has 0 aromatic heterocycles. The van der Waals surface area contributed by atoms with E-state index >= 15 is 0 Å². The number of hydrogen-bond acceptors (Lipinski definition) is 2. The summed E-state index contributed by atoms with van der Waals surface area (Å²) in [5.74, 6) is -1.04. The van der Waals surface area contributed by atoms with Crippen LogP contribution >= 0.6 is 11.6 Å². The first-order valence-corrected chi connectivity index (χ1v) is 5.56. The molecular formula is C13H10ClF2NO. The second kappa shape index (κ2) is 5.23. The van der Waals surface area contributed by atoms with Crippen LogP contribution in [-0.4, -0.2) is 0 Å². The van der Waals surface area contributed by atoms with Gasteiger partial charge < -0.3 is 10.5 Å². The van der Waals surface area contributed by atoms with Crippen molar-refractivity contribution in [3.05, 3.63) is 58.6 Å². The van der Waals surface area contributed by atoms with Crippen molar-refractivity contribution >= 4 is 17.3 Å². The number of nitrogens with two attached hydrogens (primary N) is 1. The van der Waals surface area contributed by atoms with Crippen LogP contribution in [0.4, 0.5) is 14.5 Å². The SMILES string of the molecule is Nc1ccc(OCc2ccc(Cl)cc2F)c(F)c1. The topological polar surface area (TPSA) is 35.2 Å². The molecule has 0 radical (unpaired) electrons. The smallest absolute Gasteiger partial charge is 0.167 e. The summed E-state index contributed by atoms with van der Waals surface area (Å²) in [6.07, 6.45) is 0. The van der Waals surface area contributed by atoms with E-state index in [4.69, 9.17) is 22.1 Å². The third-order valence-corrected chi connectivity index (χ3v) is 2.59. The Bertz CT molecular complexity index is 523. The molecule has 0 aliphatic carbocycles. The first-order valence-electron chi connectivity index (χ1n) is 5.18. The molecule has 0 amide bonds. The highest BCUT2D eigenvalue weighted by atomic mass is 35.5. The standard InChI is InChI=1S/C13H10ClF2NO/c14-9-2-1-8(11(15)5-9)7-18-13-4-3-10(17)6-12(13)16/h1-6H,7,17H2. The lowest BCUT2D eigenvalue weighted by atomic mass is 10.2. The summed E-state index contributed by atoms with van der Waals surface area (Å²) in [6, 6.07) is 8.28. The quantitative estimate of drug-likeness (QED) is 0.861. The van der Waals surface area contributed by atoms with Crippen LogP contribution < -0.4 is 10.5 Å². The fourth-order valence-corrected chi connectivity index (χ4v) is 1.59. The van der Waals surface area contributed by atoms with Crippen LogP contribution in [0.3, 0.4) is 0 Å². The van der Waals surface area contributed by atoms with E-state index in [1.165, 1.54) is 24.3 Å². The summed E-state index contributed by atoms with van der Waals surface area (Å²) in [6.45, 7) is -0.0795. The van der Waals surface area contributed by atoms with Gasteiger partial charge in [0.25, 0.3) is 0 Å². The Morgan fingerprint density at radius 1 is 1.06 bits per heavy atom. The molecule has 0 fully saturated rings. The third kappa shape index (κ3) is 2.90. The first-order chi connectivity index (χ1) is 8.56. The summed E-state index contributed by atoms with van der Waals surface area (Å²) in [7, 11) is 0. The van der Waals surface area contributed by atoms with E-state index in [9.17, 15) is 8.78 Å². The summed E-state index contributed by atoms with van der Waals surface area (Å²) in [4.78, 5) is 0. The maximum atomic E-state index is 13.4. The average molecular weight is 270 g/mol. The minimum atomic E-state index is -0.579. The first kappa shape index (κ1) is 12.6. The number of nitrogen functional groups attached to an aromatic ring is 1. The Hall–Kier alpha value is -1.81. The van der Waals surface area contributed by atoms with Gasteiger partial charge in [0.15, 0.2) is 11.6 Å². The molecule has 0 unspecified atom stereocenters. The van der Waals surface area contributed by atoms with Gasteiger partial charge in [-0.05, 0) is 24.3 Å². The fourth-order valence-electron chi connectivity index (χ4n) is 1.43. The Balaban J connectivity index is 2.11. The number of anilines is 1. The van der Waals surface area contributed by atoms with Gasteiger partial charge in [-0.2, -0.15) is 0 Å².